The Morgan fingerprint density at radius 3 is 2.79 bits per heavy atom. The molecule has 0 radical (unpaired) electrons. The molecule has 2 N–H and O–H groups in total. The van der Waals surface area contributed by atoms with Gasteiger partial charge in [0, 0.05) is 13.1 Å². The SMILES string of the molecule is NC(=O)C1CCCN(C(=O)c2c(F)cccc2Cl)C1. The van der Waals surface area contributed by atoms with Crippen LogP contribution in [0.3, 0.4) is 0 Å². The Morgan fingerprint density at radius 1 is 1.42 bits per heavy atom. The van der Waals surface area contributed by atoms with Crippen LogP contribution in [0.1, 0.15) is 23.2 Å². The fourth-order valence-corrected chi connectivity index (χ4v) is 2.50. The van der Waals surface area contributed by atoms with Gasteiger partial charge in [-0.15, -0.1) is 0 Å². The second kappa shape index (κ2) is 5.57. The highest BCUT2D eigenvalue weighted by molar-refractivity contribution is 6.33. The number of piperidine rings is 1. The largest absolute Gasteiger partial charge is 0.369 e. The van der Waals surface area contributed by atoms with Gasteiger partial charge in [0.1, 0.15) is 5.82 Å². The van der Waals surface area contributed by atoms with E-state index in [1.165, 1.54) is 23.1 Å². The third-order valence-corrected chi connectivity index (χ3v) is 3.60. The lowest BCUT2D eigenvalue weighted by Crippen LogP contribution is -2.44. The van der Waals surface area contributed by atoms with Crippen LogP contribution in [0.15, 0.2) is 18.2 Å². The highest BCUT2D eigenvalue weighted by Gasteiger charge is 2.29. The molecule has 6 heteroatoms. The summed E-state index contributed by atoms with van der Waals surface area (Å²) in [6.07, 6.45) is 1.33. The normalized spacial score (nSPS) is 19.3. The molecule has 1 atom stereocenters. The molecule has 1 unspecified atom stereocenters. The summed E-state index contributed by atoms with van der Waals surface area (Å²) in [6.45, 7) is 0.701. The van der Waals surface area contributed by atoms with Gasteiger partial charge in [-0.25, -0.2) is 4.39 Å². The Hall–Kier alpha value is -1.62. The van der Waals surface area contributed by atoms with Gasteiger partial charge < -0.3 is 10.6 Å². The van der Waals surface area contributed by atoms with Gasteiger partial charge in [0.2, 0.25) is 5.91 Å². The summed E-state index contributed by atoms with van der Waals surface area (Å²) in [5.74, 6) is -1.95. The van der Waals surface area contributed by atoms with Crippen LogP contribution in [-0.2, 0) is 4.79 Å². The number of amides is 2. The minimum atomic E-state index is -0.654. The van der Waals surface area contributed by atoms with Crippen LogP contribution in [0.25, 0.3) is 0 Å². The third-order valence-electron chi connectivity index (χ3n) is 3.29. The van der Waals surface area contributed by atoms with E-state index in [1.54, 1.807) is 0 Å². The van der Waals surface area contributed by atoms with Crippen molar-refractivity contribution in [3.05, 3.63) is 34.6 Å². The van der Waals surface area contributed by atoms with Gasteiger partial charge in [-0.3, -0.25) is 9.59 Å². The van der Waals surface area contributed by atoms with E-state index in [4.69, 9.17) is 17.3 Å². The van der Waals surface area contributed by atoms with E-state index >= 15 is 0 Å². The molecule has 0 saturated carbocycles. The van der Waals surface area contributed by atoms with E-state index in [0.717, 1.165) is 0 Å². The summed E-state index contributed by atoms with van der Waals surface area (Å²) in [4.78, 5) is 24.9. The number of hydrogen-bond donors (Lipinski definition) is 1. The summed E-state index contributed by atoms with van der Waals surface area (Å²) >= 11 is 5.86. The van der Waals surface area contributed by atoms with Gasteiger partial charge in [-0.2, -0.15) is 0 Å². The van der Waals surface area contributed by atoms with Crippen LogP contribution in [-0.4, -0.2) is 29.8 Å². The van der Waals surface area contributed by atoms with Crippen LogP contribution in [0.4, 0.5) is 4.39 Å². The van der Waals surface area contributed by atoms with E-state index in [0.29, 0.717) is 19.4 Å². The summed E-state index contributed by atoms with van der Waals surface area (Å²) in [6, 6.07) is 4.10. The van der Waals surface area contributed by atoms with Crippen molar-refractivity contribution in [1.82, 2.24) is 4.90 Å². The van der Waals surface area contributed by atoms with Crippen LogP contribution in [0, 0.1) is 11.7 Å². The van der Waals surface area contributed by atoms with E-state index in [-0.39, 0.29) is 23.0 Å². The molecular formula is C13H14ClFN2O2. The zero-order valence-corrected chi connectivity index (χ0v) is 11.0. The molecule has 2 rings (SSSR count). The molecule has 0 aromatic heterocycles. The number of benzene rings is 1. The Bertz CT molecular complexity index is 501. The Balaban J connectivity index is 2.22. The predicted molar refractivity (Wildman–Crippen MR) is 69.2 cm³/mol. The maximum Gasteiger partial charge on any atom is 0.258 e. The zero-order chi connectivity index (χ0) is 14.0. The third kappa shape index (κ3) is 2.87. The van der Waals surface area contributed by atoms with E-state index in [9.17, 15) is 14.0 Å². The van der Waals surface area contributed by atoms with Gasteiger partial charge in [-0.05, 0) is 25.0 Å². The number of carbonyl (C=O) groups excluding carboxylic acids is 2. The second-order valence-corrected chi connectivity index (χ2v) is 5.00. The fraction of sp³-hybridized carbons (Fsp3) is 0.385. The Kier molecular flexibility index (Phi) is 4.04. The lowest BCUT2D eigenvalue weighted by molar-refractivity contribution is -0.123. The molecule has 1 heterocycles. The minimum Gasteiger partial charge on any atom is -0.369 e. The molecule has 0 aliphatic carbocycles. The van der Waals surface area contributed by atoms with Gasteiger partial charge >= 0.3 is 0 Å². The van der Waals surface area contributed by atoms with Crippen LogP contribution < -0.4 is 5.73 Å². The molecule has 1 saturated heterocycles. The molecule has 1 aliphatic heterocycles. The van der Waals surface area contributed by atoms with Crippen LogP contribution in [0.5, 0.6) is 0 Å². The smallest absolute Gasteiger partial charge is 0.258 e. The maximum absolute atomic E-state index is 13.7. The van der Waals surface area contributed by atoms with Crippen molar-refractivity contribution in [2.24, 2.45) is 11.7 Å². The number of halogens is 2. The molecule has 1 aromatic carbocycles. The molecule has 4 nitrogen and oxygen atoms in total. The average Bonchev–Trinajstić information content (AvgIpc) is 2.38. The number of carbonyl (C=O) groups is 2. The summed E-state index contributed by atoms with van der Waals surface area (Å²) in [7, 11) is 0. The molecule has 0 bridgehead atoms. The number of nitrogens with two attached hydrogens (primary N) is 1. The summed E-state index contributed by atoms with van der Waals surface area (Å²) < 4.78 is 13.7. The molecule has 2 amide bonds. The summed E-state index contributed by atoms with van der Waals surface area (Å²) in [5.41, 5.74) is 5.11. The standard InChI is InChI=1S/C13H14ClFN2O2/c14-9-4-1-5-10(15)11(9)13(19)17-6-2-3-8(7-17)12(16)18/h1,4-5,8H,2-3,6-7H2,(H2,16,18). The number of nitrogens with zero attached hydrogens (tertiary/aromatic N) is 1. The number of likely N-dealkylation sites (tertiary alicyclic amines) is 1. The minimum absolute atomic E-state index is 0.0752. The zero-order valence-electron chi connectivity index (χ0n) is 10.2. The quantitative estimate of drug-likeness (QED) is 0.900. The van der Waals surface area contributed by atoms with Crippen molar-refractivity contribution in [3.8, 4) is 0 Å². The number of rotatable bonds is 2. The molecule has 19 heavy (non-hydrogen) atoms. The predicted octanol–water partition coefficient (Wildman–Crippen LogP) is 1.82. The average molecular weight is 285 g/mol. The lowest BCUT2D eigenvalue weighted by atomic mass is 9.97. The molecule has 0 spiro atoms. The van der Waals surface area contributed by atoms with Crippen LogP contribution in [0.2, 0.25) is 5.02 Å². The topological polar surface area (TPSA) is 63.4 Å². The van der Waals surface area contributed by atoms with E-state index < -0.39 is 17.6 Å². The first kappa shape index (κ1) is 13.8. The Morgan fingerprint density at radius 2 is 2.16 bits per heavy atom. The lowest BCUT2D eigenvalue weighted by Gasteiger charge is -2.31. The highest BCUT2D eigenvalue weighted by Crippen LogP contribution is 2.24. The first-order valence-corrected chi connectivity index (χ1v) is 6.41. The number of primary amides is 1. The van der Waals surface area contributed by atoms with E-state index in [2.05, 4.69) is 0 Å². The van der Waals surface area contributed by atoms with E-state index in [1.807, 2.05) is 0 Å². The van der Waals surface area contributed by atoms with Gasteiger partial charge in [0.05, 0.1) is 16.5 Å². The van der Waals surface area contributed by atoms with Crippen molar-refractivity contribution in [2.45, 2.75) is 12.8 Å². The second-order valence-electron chi connectivity index (χ2n) is 4.59. The maximum atomic E-state index is 13.7. The van der Waals surface area contributed by atoms with Crippen molar-refractivity contribution < 1.29 is 14.0 Å². The van der Waals surface area contributed by atoms with Gasteiger partial charge in [-0.1, -0.05) is 17.7 Å². The first-order chi connectivity index (χ1) is 9.00. The molecule has 1 aromatic rings. The molecular weight excluding hydrogens is 271 g/mol. The Labute approximate surface area is 115 Å². The molecule has 102 valence electrons. The molecule has 1 aliphatic rings. The van der Waals surface area contributed by atoms with Gasteiger partial charge in [0.25, 0.3) is 5.91 Å². The molecule has 1 fully saturated rings. The highest BCUT2D eigenvalue weighted by atomic mass is 35.5. The van der Waals surface area contributed by atoms with Crippen molar-refractivity contribution >= 4 is 23.4 Å². The van der Waals surface area contributed by atoms with Crippen LogP contribution >= 0.6 is 11.6 Å². The number of hydrogen-bond acceptors (Lipinski definition) is 2. The fourth-order valence-electron chi connectivity index (χ4n) is 2.25. The van der Waals surface area contributed by atoms with Crippen molar-refractivity contribution in [1.29, 1.82) is 0 Å². The summed E-state index contributed by atoms with van der Waals surface area (Å²) in [5, 5.41) is 0.0752. The van der Waals surface area contributed by atoms with Crippen molar-refractivity contribution in [3.63, 3.8) is 0 Å². The van der Waals surface area contributed by atoms with Crippen molar-refractivity contribution in [2.75, 3.05) is 13.1 Å². The monoisotopic (exact) mass is 284 g/mol. The first-order valence-electron chi connectivity index (χ1n) is 6.03. The van der Waals surface area contributed by atoms with Gasteiger partial charge in [0.15, 0.2) is 0 Å².